The first-order valence-electron chi connectivity index (χ1n) is 7.39. The fourth-order valence-corrected chi connectivity index (χ4v) is 3.66. The van der Waals surface area contributed by atoms with Gasteiger partial charge in [0.15, 0.2) is 0 Å². The van der Waals surface area contributed by atoms with Crippen LogP contribution in [-0.4, -0.2) is 18.2 Å². The number of benzene rings is 1. The van der Waals surface area contributed by atoms with Crippen molar-refractivity contribution in [3.63, 3.8) is 0 Å². The largest absolute Gasteiger partial charge is 0.370 e. The zero-order chi connectivity index (χ0) is 13.1. The van der Waals surface area contributed by atoms with Crippen molar-refractivity contribution in [2.45, 2.75) is 56.8 Å². The molecule has 1 unspecified atom stereocenters. The molecule has 1 spiro atoms. The van der Waals surface area contributed by atoms with Gasteiger partial charge in [-0.25, -0.2) is 0 Å². The number of hydrogen-bond acceptors (Lipinski definition) is 2. The highest BCUT2D eigenvalue weighted by molar-refractivity contribution is 6.30. The van der Waals surface area contributed by atoms with E-state index in [1.165, 1.54) is 44.1 Å². The first-order chi connectivity index (χ1) is 9.26. The second-order valence-electron chi connectivity index (χ2n) is 5.93. The molecule has 3 rings (SSSR count). The predicted octanol–water partition coefficient (Wildman–Crippen LogP) is 3.92. The molecule has 1 atom stereocenters. The summed E-state index contributed by atoms with van der Waals surface area (Å²) in [6.45, 7) is 1.82. The molecular weight excluding hydrogens is 258 g/mol. The summed E-state index contributed by atoms with van der Waals surface area (Å²) in [5, 5.41) is 4.30. The molecule has 0 radical (unpaired) electrons. The highest BCUT2D eigenvalue weighted by Crippen LogP contribution is 2.43. The molecule has 2 aliphatic rings. The zero-order valence-electron chi connectivity index (χ0n) is 11.3. The molecule has 104 valence electrons. The van der Waals surface area contributed by atoms with Crippen molar-refractivity contribution < 1.29 is 4.74 Å². The maximum Gasteiger partial charge on any atom is 0.0708 e. The van der Waals surface area contributed by atoms with Crippen LogP contribution in [0.5, 0.6) is 0 Å². The van der Waals surface area contributed by atoms with Crippen LogP contribution >= 0.6 is 11.6 Å². The Morgan fingerprint density at radius 2 is 2.11 bits per heavy atom. The summed E-state index contributed by atoms with van der Waals surface area (Å²) in [4.78, 5) is 0. The van der Waals surface area contributed by atoms with Crippen molar-refractivity contribution in [3.8, 4) is 0 Å². The van der Waals surface area contributed by atoms with Gasteiger partial charge < -0.3 is 10.1 Å². The predicted molar refractivity (Wildman–Crippen MR) is 78.5 cm³/mol. The smallest absolute Gasteiger partial charge is 0.0708 e. The summed E-state index contributed by atoms with van der Waals surface area (Å²) < 4.78 is 6.28. The average molecular weight is 280 g/mol. The molecule has 1 heterocycles. The quantitative estimate of drug-likeness (QED) is 0.902. The van der Waals surface area contributed by atoms with Gasteiger partial charge in [-0.1, -0.05) is 36.6 Å². The van der Waals surface area contributed by atoms with E-state index < -0.39 is 0 Å². The Labute approximate surface area is 120 Å². The number of nitrogens with one attached hydrogen (secondary N) is 1. The second-order valence-corrected chi connectivity index (χ2v) is 6.37. The Balaban J connectivity index is 1.43. The summed E-state index contributed by atoms with van der Waals surface area (Å²) in [5.74, 6) is 0. The molecule has 1 saturated heterocycles. The van der Waals surface area contributed by atoms with Crippen molar-refractivity contribution in [3.05, 3.63) is 34.9 Å². The lowest BCUT2D eigenvalue weighted by atomic mass is 9.98. The minimum Gasteiger partial charge on any atom is -0.370 e. The summed E-state index contributed by atoms with van der Waals surface area (Å²) in [5.41, 5.74) is 1.49. The lowest BCUT2D eigenvalue weighted by Gasteiger charge is -2.23. The van der Waals surface area contributed by atoms with E-state index >= 15 is 0 Å². The lowest BCUT2D eigenvalue weighted by molar-refractivity contribution is -0.0351. The van der Waals surface area contributed by atoms with Gasteiger partial charge in [-0.3, -0.25) is 0 Å². The maximum absolute atomic E-state index is 6.28. The van der Waals surface area contributed by atoms with E-state index in [0.717, 1.165) is 18.1 Å². The van der Waals surface area contributed by atoms with Crippen molar-refractivity contribution >= 4 is 11.6 Å². The molecule has 0 bridgehead atoms. The van der Waals surface area contributed by atoms with Crippen LogP contribution in [0, 0.1) is 0 Å². The average Bonchev–Trinajstić information content (AvgIpc) is 3.01. The lowest BCUT2D eigenvalue weighted by Crippen LogP contribution is -2.30. The Bertz CT molecular complexity index is 429. The van der Waals surface area contributed by atoms with Crippen LogP contribution in [0.2, 0.25) is 5.02 Å². The maximum atomic E-state index is 6.28. The van der Waals surface area contributed by atoms with Gasteiger partial charge >= 0.3 is 0 Å². The third-order valence-corrected chi connectivity index (χ3v) is 4.68. The normalized spacial score (nSPS) is 25.2. The Kier molecular flexibility index (Phi) is 4.11. The minimum absolute atomic E-state index is 0.252. The molecule has 1 aromatic carbocycles. The number of rotatable bonds is 4. The highest BCUT2D eigenvalue weighted by atomic mass is 35.5. The summed E-state index contributed by atoms with van der Waals surface area (Å²) in [6, 6.07) is 8.03. The van der Waals surface area contributed by atoms with Crippen molar-refractivity contribution in [1.29, 1.82) is 0 Å². The molecule has 19 heavy (non-hydrogen) atoms. The molecule has 1 N–H and O–H groups in total. The Hall–Kier alpha value is -0.570. The minimum atomic E-state index is 0.252. The zero-order valence-corrected chi connectivity index (χ0v) is 12.1. The van der Waals surface area contributed by atoms with E-state index in [0.29, 0.717) is 6.10 Å². The number of ether oxygens (including phenoxy) is 1. The van der Waals surface area contributed by atoms with Crippen LogP contribution in [0.25, 0.3) is 0 Å². The summed E-state index contributed by atoms with van der Waals surface area (Å²) in [6.07, 6.45) is 8.12. The van der Waals surface area contributed by atoms with Crippen molar-refractivity contribution in [2.75, 3.05) is 6.54 Å². The third kappa shape index (κ3) is 3.31. The van der Waals surface area contributed by atoms with Crippen molar-refractivity contribution in [1.82, 2.24) is 5.32 Å². The Morgan fingerprint density at radius 3 is 2.89 bits per heavy atom. The van der Waals surface area contributed by atoms with Gasteiger partial charge in [-0.2, -0.15) is 0 Å². The van der Waals surface area contributed by atoms with E-state index in [9.17, 15) is 0 Å². The summed E-state index contributed by atoms with van der Waals surface area (Å²) >= 11 is 5.98. The molecule has 1 aliphatic heterocycles. The first kappa shape index (κ1) is 13.4. The molecule has 0 amide bonds. The van der Waals surface area contributed by atoms with E-state index in [4.69, 9.17) is 16.3 Å². The SMILES string of the molecule is Clc1cccc(CNCC2CCC3(CCCC3)O2)c1. The van der Waals surface area contributed by atoms with E-state index in [2.05, 4.69) is 11.4 Å². The van der Waals surface area contributed by atoms with E-state index in [1.54, 1.807) is 0 Å². The summed E-state index contributed by atoms with van der Waals surface area (Å²) in [7, 11) is 0. The van der Waals surface area contributed by atoms with Crippen LogP contribution in [0.4, 0.5) is 0 Å². The van der Waals surface area contributed by atoms with Crippen LogP contribution in [0.1, 0.15) is 44.1 Å². The standard InChI is InChI=1S/C16H22ClNO/c17-14-5-3-4-13(10-14)11-18-12-15-6-9-16(19-15)7-1-2-8-16/h3-5,10,15,18H,1-2,6-9,11-12H2. The van der Waals surface area contributed by atoms with Crippen LogP contribution in [0.15, 0.2) is 24.3 Å². The molecular formula is C16H22ClNO. The van der Waals surface area contributed by atoms with Crippen LogP contribution in [-0.2, 0) is 11.3 Å². The number of hydrogen-bond donors (Lipinski definition) is 1. The van der Waals surface area contributed by atoms with Gasteiger partial charge in [0, 0.05) is 18.1 Å². The third-order valence-electron chi connectivity index (χ3n) is 4.44. The van der Waals surface area contributed by atoms with E-state index in [-0.39, 0.29) is 5.60 Å². The monoisotopic (exact) mass is 279 g/mol. The molecule has 0 aromatic heterocycles. The fourth-order valence-electron chi connectivity index (χ4n) is 3.45. The fraction of sp³-hybridized carbons (Fsp3) is 0.625. The molecule has 2 fully saturated rings. The van der Waals surface area contributed by atoms with Crippen molar-refractivity contribution in [2.24, 2.45) is 0 Å². The molecule has 1 aliphatic carbocycles. The van der Waals surface area contributed by atoms with Gasteiger partial charge in [-0.05, 0) is 43.4 Å². The van der Waals surface area contributed by atoms with Crippen LogP contribution < -0.4 is 5.32 Å². The Morgan fingerprint density at radius 1 is 1.26 bits per heavy atom. The second kappa shape index (κ2) is 5.82. The number of halogens is 1. The molecule has 3 heteroatoms. The first-order valence-corrected chi connectivity index (χ1v) is 7.77. The van der Waals surface area contributed by atoms with E-state index in [1.807, 2.05) is 18.2 Å². The topological polar surface area (TPSA) is 21.3 Å². The van der Waals surface area contributed by atoms with Gasteiger partial charge in [0.05, 0.1) is 11.7 Å². The van der Waals surface area contributed by atoms with Gasteiger partial charge in [0.1, 0.15) is 0 Å². The van der Waals surface area contributed by atoms with Gasteiger partial charge in [0.25, 0.3) is 0 Å². The van der Waals surface area contributed by atoms with Gasteiger partial charge in [0.2, 0.25) is 0 Å². The highest BCUT2D eigenvalue weighted by Gasteiger charge is 2.41. The molecule has 2 nitrogen and oxygen atoms in total. The van der Waals surface area contributed by atoms with Gasteiger partial charge in [-0.15, -0.1) is 0 Å². The molecule has 1 aromatic rings. The molecule has 1 saturated carbocycles. The van der Waals surface area contributed by atoms with Crippen LogP contribution in [0.3, 0.4) is 0 Å².